The van der Waals surface area contributed by atoms with Crippen LogP contribution in [0, 0.1) is 0 Å². The molecule has 0 aromatic carbocycles. The molecule has 78 valence electrons. The molecule has 0 unspecified atom stereocenters. The Kier molecular flexibility index (Phi) is 2.03. The van der Waals surface area contributed by atoms with Crippen molar-refractivity contribution in [2.75, 3.05) is 31.1 Å². The number of piperazine rings is 1. The van der Waals surface area contributed by atoms with Crippen molar-refractivity contribution in [1.29, 1.82) is 0 Å². The van der Waals surface area contributed by atoms with Crippen LogP contribution in [-0.4, -0.2) is 36.1 Å². The fourth-order valence-electron chi connectivity index (χ4n) is 1.76. The van der Waals surface area contributed by atoms with E-state index in [2.05, 4.69) is 20.2 Å². The van der Waals surface area contributed by atoms with Gasteiger partial charge in [0.1, 0.15) is 0 Å². The molecule has 1 N–H and O–H groups in total. The molecule has 3 heterocycles. The van der Waals surface area contributed by atoms with Crippen molar-refractivity contribution in [2.45, 2.75) is 0 Å². The van der Waals surface area contributed by atoms with Gasteiger partial charge in [-0.15, -0.1) is 0 Å². The highest BCUT2D eigenvalue weighted by atomic mass is 16.3. The zero-order valence-electron chi connectivity index (χ0n) is 8.31. The number of nitrogens with zero attached hydrogens (tertiary/aromatic N) is 3. The average Bonchev–Trinajstić information content (AvgIpc) is 2.77. The Morgan fingerprint density at radius 1 is 1.33 bits per heavy atom. The minimum Gasteiger partial charge on any atom is -0.446 e. The lowest BCUT2D eigenvalue weighted by atomic mass is 10.4. The fraction of sp³-hybridized carbons (Fsp3) is 0.400. The van der Waals surface area contributed by atoms with Crippen molar-refractivity contribution in [2.24, 2.45) is 0 Å². The van der Waals surface area contributed by atoms with E-state index in [4.69, 9.17) is 4.42 Å². The predicted molar refractivity (Wildman–Crippen MR) is 56.9 cm³/mol. The van der Waals surface area contributed by atoms with Crippen molar-refractivity contribution in [3.8, 4) is 0 Å². The lowest BCUT2D eigenvalue weighted by molar-refractivity contribution is 0.573. The summed E-state index contributed by atoms with van der Waals surface area (Å²) in [5, 5.41) is 4.25. The van der Waals surface area contributed by atoms with Crippen LogP contribution in [0.5, 0.6) is 0 Å². The maximum Gasteiger partial charge on any atom is 0.230 e. The first-order valence-corrected chi connectivity index (χ1v) is 5.09. The van der Waals surface area contributed by atoms with E-state index in [1.807, 2.05) is 12.3 Å². The van der Waals surface area contributed by atoms with Gasteiger partial charge in [0.25, 0.3) is 0 Å². The zero-order valence-corrected chi connectivity index (χ0v) is 8.31. The summed E-state index contributed by atoms with van der Waals surface area (Å²) in [5.41, 5.74) is 0.665. The summed E-state index contributed by atoms with van der Waals surface area (Å²) in [6, 6.07) is 1.87. The van der Waals surface area contributed by atoms with E-state index in [0.29, 0.717) is 5.71 Å². The highest BCUT2D eigenvalue weighted by Gasteiger charge is 2.13. The van der Waals surface area contributed by atoms with Gasteiger partial charge in [-0.3, -0.25) is 0 Å². The van der Waals surface area contributed by atoms with Crippen molar-refractivity contribution in [3.63, 3.8) is 0 Å². The largest absolute Gasteiger partial charge is 0.446 e. The number of hydrogen-bond acceptors (Lipinski definition) is 5. The summed E-state index contributed by atoms with van der Waals surface area (Å²) in [6.07, 6.45) is 3.45. The van der Waals surface area contributed by atoms with Crippen molar-refractivity contribution in [3.05, 3.63) is 18.5 Å². The number of furan rings is 1. The lowest BCUT2D eigenvalue weighted by Gasteiger charge is -2.26. The van der Waals surface area contributed by atoms with Crippen LogP contribution in [0.1, 0.15) is 0 Å². The monoisotopic (exact) mass is 204 g/mol. The Labute approximate surface area is 87.1 Å². The summed E-state index contributed by atoms with van der Waals surface area (Å²) in [4.78, 5) is 10.9. The molecule has 0 amide bonds. The van der Waals surface area contributed by atoms with E-state index in [9.17, 15) is 0 Å². The number of aromatic nitrogens is 2. The smallest absolute Gasteiger partial charge is 0.230 e. The van der Waals surface area contributed by atoms with E-state index >= 15 is 0 Å². The molecule has 2 aromatic rings. The van der Waals surface area contributed by atoms with Gasteiger partial charge in [-0.05, 0) is 6.07 Å². The van der Waals surface area contributed by atoms with E-state index in [1.54, 1.807) is 6.26 Å². The molecule has 0 spiro atoms. The Morgan fingerprint density at radius 3 is 3.07 bits per heavy atom. The number of hydrogen-bond donors (Lipinski definition) is 1. The summed E-state index contributed by atoms with van der Waals surface area (Å²) in [7, 11) is 0. The second-order valence-corrected chi connectivity index (χ2v) is 3.59. The summed E-state index contributed by atoms with van der Waals surface area (Å²) >= 11 is 0. The molecule has 0 atom stereocenters. The summed E-state index contributed by atoms with van der Waals surface area (Å²) < 4.78 is 5.26. The Balaban J connectivity index is 1.95. The second kappa shape index (κ2) is 3.51. The standard InChI is InChI=1S/C10H12N4O/c1-6-15-9-8(1)7-12-10(13-9)14-4-2-11-3-5-14/h1,6-7,11H,2-5H2. The highest BCUT2D eigenvalue weighted by Crippen LogP contribution is 2.15. The van der Waals surface area contributed by atoms with Gasteiger partial charge in [0, 0.05) is 32.4 Å². The molecule has 0 saturated carbocycles. The van der Waals surface area contributed by atoms with E-state index in [-0.39, 0.29) is 0 Å². The second-order valence-electron chi connectivity index (χ2n) is 3.59. The van der Waals surface area contributed by atoms with Gasteiger partial charge in [-0.1, -0.05) is 0 Å². The minimum atomic E-state index is 0.665. The van der Waals surface area contributed by atoms with Gasteiger partial charge in [-0.25, -0.2) is 4.98 Å². The van der Waals surface area contributed by atoms with E-state index in [0.717, 1.165) is 37.5 Å². The van der Waals surface area contributed by atoms with Crippen LogP contribution < -0.4 is 10.2 Å². The van der Waals surface area contributed by atoms with Crippen LogP contribution in [0.25, 0.3) is 11.1 Å². The van der Waals surface area contributed by atoms with Crippen LogP contribution in [-0.2, 0) is 0 Å². The van der Waals surface area contributed by atoms with Gasteiger partial charge in [0.05, 0.1) is 11.6 Å². The van der Waals surface area contributed by atoms with Gasteiger partial charge in [0.2, 0.25) is 11.7 Å². The van der Waals surface area contributed by atoms with Crippen molar-refractivity contribution in [1.82, 2.24) is 15.3 Å². The van der Waals surface area contributed by atoms with Gasteiger partial charge >= 0.3 is 0 Å². The number of nitrogens with one attached hydrogen (secondary N) is 1. The molecule has 0 bridgehead atoms. The van der Waals surface area contributed by atoms with Crippen LogP contribution >= 0.6 is 0 Å². The number of anilines is 1. The van der Waals surface area contributed by atoms with Crippen LogP contribution in [0.3, 0.4) is 0 Å². The van der Waals surface area contributed by atoms with Crippen LogP contribution in [0.2, 0.25) is 0 Å². The third-order valence-corrected chi connectivity index (χ3v) is 2.59. The van der Waals surface area contributed by atoms with E-state index < -0.39 is 0 Å². The molecule has 1 fully saturated rings. The zero-order chi connectivity index (χ0) is 10.1. The third-order valence-electron chi connectivity index (χ3n) is 2.59. The lowest BCUT2D eigenvalue weighted by Crippen LogP contribution is -2.44. The van der Waals surface area contributed by atoms with Crippen molar-refractivity contribution < 1.29 is 4.42 Å². The SMILES string of the molecule is c1cc2cnc(N3CCNCC3)nc2o1. The Hall–Kier alpha value is -1.62. The Bertz CT molecular complexity index is 461. The van der Waals surface area contributed by atoms with Gasteiger partial charge in [-0.2, -0.15) is 4.98 Å². The normalized spacial score (nSPS) is 17.2. The van der Waals surface area contributed by atoms with Crippen LogP contribution in [0.4, 0.5) is 5.95 Å². The molecule has 5 nitrogen and oxygen atoms in total. The molecular formula is C10H12N4O. The molecule has 0 radical (unpaired) electrons. The third kappa shape index (κ3) is 1.55. The number of fused-ring (bicyclic) bond motifs is 1. The first kappa shape index (κ1) is 8.67. The maximum atomic E-state index is 5.26. The molecule has 5 heteroatoms. The highest BCUT2D eigenvalue weighted by molar-refractivity contribution is 5.72. The van der Waals surface area contributed by atoms with Gasteiger partial charge < -0.3 is 14.6 Å². The quantitative estimate of drug-likeness (QED) is 0.738. The number of rotatable bonds is 1. The maximum absolute atomic E-state index is 5.26. The van der Waals surface area contributed by atoms with Crippen LogP contribution in [0.15, 0.2) is 22.9 Å². The first-order valence-electron chi connectivity index (χ1n) is 5.09. The fourth-order valence-corrected chi connectivity index (χ4v) is 1.76. The molecular weight excluding hydrogens is 192 g/mol. The molecule has 1 aliphatic rings. The minimum absolute atomic E-state index is 0.665. The topological polar surface area (TPSA) is 54.2 Å². The summed E-state index contributed by atoms with van der Waals surface area (Å²) in [6.45, 7) is 3.87. The molecule has 1 aliphatic heterocycles. The molecule has 3 rings (SSSR count). The molecule has 0 aliphatic carbocycles. The molecule has 1 saturated heterocycles. The predicted octanol–water partition coefficient (Wildman–Crippen LogP) is 0.632. The van der Waals surface area contributed by atoms with E-state index in [1.165, 1.54) is 0 Å². The summed E-state index contributed by atoms with van der Waals surface area (Å²) in [5.74, 6) is 0.763. The van der Waals surface area contributed by atoms with Crippen molar-refractivity contribution >= 4 is 17.0 Å². The Morgan fingerprint density at radius 2 is 2.20 bits per heavy atom. The molecule has 15 heavy (non-hydrogen) atoms. The van der Waals surface area contributed by atoms with Gasteiger partial charge in [0.15, 0.2) is 0 Å². The average molecular weight is 204 g/mol. The molecule has 2 aromatic heterocycles. The first-order chi connectivity index (χ1) is 7.43.